The number of nitrogen functional groups attached to an aromatic ring is 1. The molecular weight excluding hydrogens is 424 g/mol. The van der Waals surface area contributed by atoms with Crippen molar-refractivity contribution < 1.29 is 27.6 Å². The van der Waals surface area contributed by atoms with Crippen LogP contribution in [0.2, 0.25) is 0 Å². The van der Waals surface area contributed by atoms with E-state index in [1.165, 1.54) is 12.3 Å². The summed E-state index contributed by atoms with van der Waals surface area (Å²) in [6, 6.07) is 1.37. The third kappa shape index (κ3) is 6.77. The van der Waals surface area contributed by atoms with Crippen molar-refractivity contribution in [3.8, 4) is 0 Å². The second-order valence-electron chi connectivity index (χ2n) is 8.69. The lowest BCUT2D eigenvalue weighted by atomic mass is 10.1. The van der Waals surface area contributed by atoms with E-state index in [1.54, 1.807) is 41.5 Å². The Morgan fingerprint density at radius 3 is 2.31 bits per heavy atom. The maximum atomic E-state index is 14.7. The van der Waals surface area contributed by atoms with E-state index in [0.29, 0.717) is 0 Å². The maximum absolute atomic E-state index is 14.7. The van der Waals surface area contributed by atoms with Crippen molar-refractivity contribution >= 4 is 25.4 Å². The number of thioether (sulfide) groups is 1. The third-order valence-electron chi connectivity index (χ3n) is 3.59. The minimum Gasteiger partial charge on any atom is -0.389 e. The number of aromatic nitrogens is 2. The number of phosphoric acid groups is 1. The molecule has 29 heavy (non-hydrogen) atoms. The second kappa shape index (κ2) is 8.64. The monoisotopic (exact) mass is 453 g/mol. The number of hydrogen-bond donors (Lipinski definition) is 2. The lowest BCUT2D eigenvalue weighted by Crippen LogP contribution is -2.34. The van der Waals surface area contributed by atoms with Gasteiger partial charge >= 0.3 is 13.5 Å². The molecule has 1 fully saturated rings. The molecule has 0 aliphatic carbocycles. The number of alkyl halides is 1. The van der Waals surface area contributed by atoms with Gasteiger partial charge in [-0.2, -0.15) is 4.98 Å². The fourth-order valence-electron chi connectivity index (χ4n) is 2.59. The highest BCUT2D eigenvalue weighted by Crippen LogP contribution is 2.56. The van der Waals surface area contributed by atoms with Gasteiger partial charge in [-0.1, -0.05) is 0 Å². The summed E-state index contributed by atoms with van der Waals surface area (Å²) in [6.45, 7) is 9.88. The molecule has 0 saturated carbocycles. The Morgan fingerprint density at radius 2 is 1.83 bits per heavy atom. The molecule has 0 aromatic carbocycles. The molecule has 2 rings (SSSR count). The fourth-order valence-corrected chi connectivity index (χ4v) is 5.94. The lowest BCUT2D eigenvalue weighted by molar-refractivity contribution is -0.00221. The molecule has 1 aromatic heterocycles. The number of anilines is 1. The van der Waals surface area contributed by atoms with Crippen LogP contribution in [0.5, 0.6) is 0 Å². The van der Waals surface area contributed by atoms with Crippen LogP contribution in [0.15, 0.2) is 17.1 Å². The quantitative estimate of drug-likeness (QED) is 0.625. The molecule has 12 heteroatoms. The van der Waals surface area contributed by atoms with Crippen molar-refractivity contribution in [2.24, 2.45) is 0 Å². The molecule has 4 atom stereocenters. The largest absolute Gasteiger partial charge is 0.475 e. The maximum Gasteiger partial charge on any atom is 0.475 e. The van der Waals surface area contributed by atoms with Gasteiger partial charge in [0.25, 0.3) is 0 Å². The van der Waals surface area contributed by atoms with E-state index in [0.717, 1.165) is 16.3 Å². The van der Waals surface area contributed by atoms with Gasteiger partial charge in [0.15, 0.2) is 6.17 Å². The average Bonchev–Trinajstić information content (AvgIpc) is 2.77. The number of halogens is 1. The normalized spacial score (nSPS) is 26.1. The van der Waals surface area contributed by atoms with E-state index < -0.39 is 47.6 Å². The van der Waals surface area contributed by atoms with Crippen molar-refractivity contribution in [1.82, 2.24) is 9.55 Å². The Hall–Kier alpha value is -0.970. The topological polar surface area (TPSA) is 126 Å². The first-order valence-corrected chi connectivity index (χ1v) is 11.5. The summed E-state index contributed by atoms with van der Waals surface area (Å²) in [7, 11) is -4.01. The van der Waals surface area contributed by atoms with Gasteiger partial charge in [-0.3, -0.25) is 18.1 Å². The second-order valence-corrected chi connectivity index (χ2v) is 11.6. The molecule has 0 radical (unpaired) electrons. The van der Waals surface area contributed by atoms with Crippen LogP contribution >= 0.6 is 19.6 Å². The molecule has 0 spiro atoms. The van der Waals surface area contributed by atoms with E-state index in [9.17, 15) is 18.9 Å². The predicted octanol–water partition coefficient (Wildman–Crippen LogP) is 2.89. The molecule has 0 amide bonds. The molecule has 1 aliphatic heterocycles. The van der Waals surface area contributed by atoms with Crippen LogP contribution in [0.4, 0.5) is 10.2 Å². The molecular formula is C17H29FN3O6PS. The van der Waals surface area contributed by atoms with Crippen molar-refractivity contribution in [3.63, 3.8) is 0 Å². The van der Waals surface area contributed by atoms with Gasteiger partial charge in [-0.05, 0) is 47.6 Å². The summed E-state index contributed by atoms with van der Waals surface area (Å²) >= 11 is 0.977. The Morgan fingerprint density at radius 1 is 1.28 bits per heavy atom. The Kier molecular flexibility index (Phi) is 7.24. The van der Waals surface area contributed by atoms with Crippen molar-refractivity contribution in [1.29, 1.82) is 0 Å². The average molecular weight is 453 g/mol. The van der Waals surface area contributed by atoms with E-state index >= 15 is 0 Å². The summed E-state index contributed by atoms with van der Waals surface area (Å²) in [5, 5.41) is 8.46. The highest BCUT2D eigenvalue weighted by molar-refractivity contribution is 8.00. The number of rotatable bonds is 6. The molecule has 2 heterocycles. The zero-order chi connectivity index (χ0) is 22.2. The highest BCUT2D eigenvalue weighted by atomic mass is 32.2. The molecule has 1 aromatic rings. The first kappa shape index (κ1) is 24.3. The minimum absolute atomic E-state index is 0.0182. The van der Waals surface area contributed by atoms with Gasteiger partial charge in [0.2, 0.25) is 0 Å². The highest BCUT2D eigenvalue weighted by Gasteiger charge is 2.47. The molecule has 9 nitrogen and oxygen atoms in total. The Labute approximate surface area is 173 Å². The first-order valence-electron chi connectivity index (χ1n) is 9.09. The van der Waals surface area contributed by atoms with Crippen LogP contribution in [0.25, 0.3) is 0 Å². The van der Waals surface area contributed by atoms with E-state index in [-0.39, 0.29) is 12.4 Å². The Balaban J connectivity index is 2.15. The van der Waals surface area contributed by atoms with Crippen molar-refractivity contribution in [2.75, 3.05) is 12.3 Å². The molecule has 1 saturated heterocycles. The van der Waals surface area contributed by atoms with Gasteiger partial charge in [0, 0.05) is 6.20 Å². The summed E-state index contributed by atoms with van der Waals surface area (Å²) in [6.07, 6.45) is -1.89. The number of nitrogens with two attached hydrogens (primary N) is 1. The van der Waals surface area contributed by atoms with Crippen LogP contribution in [0.1, 0.15) is 46.9 Å². The predicted molar refractivity (Wildman–Crippen MR) is 109 cm³/mol. The molecule has 3 N–H and O–H groups in total. The molecule has 166 valence electrons. The fraction of sp³-hybridized carbons (Fsp3) is 0.765. The van der Waals surface area contributed by atoms with Crippen LogP contribution in [0.3, 0.4) is 0 Å². The SMILES string of the molecule is CC(C)(C)OP(=O)(OC[C@H]1SC(n2ccc(N)nc2=O)[C@@H](F)[C@@H]1O)OC(C)(C)C. The summed E-state index contributed by atoms with van der Waals surface area (Å²) in [5.74, 6) is 0.0182. The molecule has 1 unspecified atom stereocenters. The smallest absolute Gasteiger partial charge is 0.389 e. The number of aliphatic hydroxyl groups excluding tert-OH is 1. The summed E-state index contributed by atoms with van der Waals surface area (Å²) in [4.78, 5) is 15.6. The van der Waals surface area contributed by atoms with Gasteiger partial charge in [-0.15, -0.1) is 11.8 Å². The zero-order valence-corrected chi connectivity index (χ0v) is 19.1. The number of phosphoric ester groups is 1. The van der Waals surface area contributed by atoms with Crippen LogP contribution in [-0.4, -0.2) is 50.0 Å². The standard InChI is InChI=1S/C17H29FN3O6PS/c1-16(2,3)26-28(24,27-17(4,5)6)25-9-10-13(22)12(18)14(29-10)21-8-7-11(19)20-15(21)23/h7-8,10,12-14,22H,9H2,1-6H3,(H2,19,20,23)/t10-,12+,13-,14?/m1/s1. The molecule has 0 bridgehead atoms. The number of nitrogens with zero attached hydrogens (tertiary/aromatic N) is 2. The Bertz CT molecular complexity index is 805. The van der Waals surface area contributed by atoms with Crippen LogP contribution in [-0.2, 0) is 18.1 Å². The minimum atomic E-state index is -4.01. The summed E-state index contributed by atoms with van der Waals surface area (Å²) < 4.78 is 45.3. The number of aliphatic hydroxyl groups is 1. The summed E-state index contributed by atoms with van der Waals surface area (Å²) in [5.41, 5.74) is 3.09. The number of hydrogen-bond acceptors (Lipinski definition) is 9. The van der Waals surface area contributed by atoms with Crippen molar-refractivity contribution in [2.45, 2.75) is 75.6 Å². The van der Waals surface area contributed by atoms with E-state index in [2.05, 4.69) is 4.98 Å². The van der Waals surface area contributed by atoms with Gasteiger partial charge in [-0.25, -0.2) is 13.8 Å². The molecule has 1 aliphatic rings. The van der Waals surface area contributed by atoms with Crippen LogP contribution in [0, 0.1) is 0 Å². The van der Waals surface area contributed by atoms with Gasteiger partial charge < -0.3 is 10.8 Å². The van der Waals surface area contributed by atoms with E-state index in [1.807, 2.05) is 0 Å². The van der Waals surface area contributed by atoms with E-state index in [4.69, 9.17) is 19.3 Å². The van der Waals surface area contributed by atoms with Crippen LogP contribution < -0.4 is 11.4 Å². The van der Waals surface area contributed by atoms with Crippen molar-refractivity contribution in [3.05, 3.63) is 22.7 Å². The lowest BCUT2D eigenvalue weighted by Gasteiger charge is -2.31. The van der Waals surface area contributed by atoms with Gasteiger partial charge in [0.05, 0.1) is 23.1 Å². The zero-order valence-electron chi connectivity index (χ0n) is 17.4. The van der Waals surface area contributed by atoms with Gasteiger partial charge in [0.1, 0.15) is 17.3 Å². The third-order valence-corrected chi connectivity index (χ3v) is 7.13. The first-order chi connectivity index (χ1) is 13.1.